The zero-order valence-corrected chi connectivity index (χ0v) is 12.6. The number of likely N-dealkylation sites (N-methyl/N-ethyl adjacent to an activating group) is 1. The minimum Gasteiger partial charge on any atom is -0.444 e. The Morgan fingerprint density at radius 1 is 1.37 bits per heavy atom. The van der Waals surface area contributed by atoms with E-state index >= 15 is 0 Å². The second-order valence-electron chi connectivity index (χ2n) is 6.97. The summed E-state index contributed by atoms with van der Waals surface area (Å²) in [7, 11) is 2.01. The van der Waals surface area contributed by atoms with Crippen LogP contribution in [0.3, 0.4) is 0 Å². The van der Waals surface area contributed by atoms with Gasteiger partial charge in [0.1, 0.15) is 5.76 Å². The van der Waals surface area contributed by atoms with E-state index in [9.17, 15) is 5.11 Å². The molecular formula is C15H26N2O2. The first-order valence-electron chi connectivity index (χ1n) is 7.15. The van der Waals surface area contributed by atoms with E-state index in [1.165, 1.54) is 0 Å². The third-order valence-electron chi connectivity index (χ3n) is 3.80. The molecule has 1 aromatic rings. The van der Waals surface area contributed by atoms with Crippen LogP contribution in [-0.2, 0) is 12.0 Å². The fraction of sp³-hybridized carbons (Fsp3) is 0.800. The molecule has 1 aliphatic rings. The molecule has 0 radical (unpaired) electrons. The van der Waals surface area contributed by atoms with Crippen molar-refractivity contribution in [1.82, 2.24) is 9.88 Å². The van der Waals surface area contributed by atoms with Crippen molar-refractivity contribution in [2.24, 2.45) is 0 Å². The van der Waals surface area contributed by atoms with Crippen LogP contribution in [0.2, 0.25) is 0 Å². The molecule has 1 N–H and O–H groups in total. The fourth-order valence-electron chi connectivity index (χ4n) is 2.71. The summed E-state index contributed by atoms with van der Waals surface area (Å²) in [6, 6.07) is 0. The van der Waals surface area contributed by atoms with Crippen LogP contribution in [0.5, 0.6) is 0 Å². The predicted octanol–water partition coefficient (Wildman–Crippen LogP) is 2.71. The molecule has 0 saturated heterocycles. The summed E-state index contributed by atoms with van der Waals surface area (Å²) in [4.78, 5) is 6.43. The van der Waals surface area contributed by atoms with Crippen molar-refractivity contribution in [2.75, 3.05) is 13.6 Å². The second-order valence-corrected chi connectivity index (χ2v) is 6.97. The monoisotopic (exact) mass is 266 g/mol. The highest BCUT2D eigenvalue weighted by atomic mass is 16.4. The van der Waals surface area contributed by atoms with Crippen molar-refractivity contribution in [3.8, 4) is 0 Å². The van der Waals surface area contributed by atoms with Gasteiger partial charge >= 0.3 is 0 Å². The van der Waals surface area contributed by atoms with E-state index in [2.05, 4.69) is 30.7 Å². The lowest BCUT2D eigenvalue weighted by molar-refractivity contribution is 0.0126. The average Bonchev–Trinajstić information content (AvgIpc) is 2.86. The lowest BCUT2D eigenvalue weighted by Crippen LogP contribution is -2.38. The van der Waals surface area contributed by atoms with Gasteiger partial charge in [0.25, 0.3) is 0 Å². The smallest absolute Gasteiger partial charge is 0.208 e. The molecular weight excluding hydrogens is 240 g/mol. The summed E-state index contributed by atoms with van der Waals surface area (Å²) in [5, 5.41) is 10.4. The SMILES string of the molecule is CN(Cc1ncc(C(C)(C)C)o1)CC1(O)CCCC1. The number of hydrogen-bond acceptors (Lipinski definition) is 4. The van der Waals surface area contributed by atoms with Crippen LogP contribution in [0.4, 0.5) is 0 Å². The Morgan fingerprint density at radius 3 is 2.53 bits per heavy atom. The Labute approximate surface area is 115 Å². The molecule has 2 rings (SSSR count). The van der Waals surface area contributed by atoms with Crippen molar-refractivity contribution in [3.05, 3.63) is 17.8 Å². The number of aromatic nitrogens is 1. The largest absolute Gasteiger partial charge is 0.444 e. The van der Waals surface area contributed by atoms with Crippen molar-refractivity contribution >= 4 is 0 Å². The van der Waals surface area contributed by atoms with Gasteiger partial charge in [0, 0.05) is 12.0 Å². The Morgan fingerprint density at radius 2 is 2.00 bits per heavy atom. The van der Waals surface area contributed by atoms with E-state index in [4.69, 9.17) is 4.42 Å². The molecule has 1 aromatic heterocycles. The van der Waals surface area contributed by atoms with Crippen LogP contribution in [0.25, 0.3) is 0 Å². The molecule has 0 amide bonds. The van der Waals surface area contributed by atoms with Gasteiger partial charge < -0.3 is 9.52 Å². The molecule has 108 valence electrons. The molecule has 1 heterocycles. The van der Waals surface area contributed by atoms with Gasteiger partial charge in [-0.2, -0.15) is 0 Å². The molecule has 0 aliphatic heterocycles. The normalized spacial score (nSPS) is 19.3. The third-order valence-corrected chi connectivity index (χ3v) is 3.80. The van der Waals surface area contributed by atoms with E-state index in [1.807, 2.05) is 13.2 Å². The molecule has 0 bridgehead atoms. The summed E-state index contributed by atoms with van der Waals surface area (Å²) in [6.07, 6.45) is 5.91. The topological polar surface area (TPSA) is 49.5 Å². The molecule has 1 saturated carbocycles. The maximum absolute atomic E-state index is 10.4. The summed E-state index contributed by atoms with van der Waals surface area (Å²) >= 11 is 0. The lowest BCUT2D eigenvalue weighted by atomic mass is 9.94. The Balaban J connectivity index is 1.92. The van der Waals surface area contributed by atoms with Crippen LogP contribution in [0.15, 0.2) is 10.6 Å². The first-order chi connectivity index (χ1) is 8.78. The molecule has 4 heteroatoms. The molecule has 19 heavy (non-hydrogen) atoms. The van der Waals surface area contributed by atoms with Gasteiger partial charge in [-0.25, -0.2) is 4.98 Å². The van der Waals surface area contributed by atoms with Crippen LogP contribution in [0, 0.1) is 0 Å². The van der Waals surface area contributed by atoms with Crippen LogP contribution in [-0.4, -0.2) is 34.2 Å². The third kappa shape index (κ3) is 3.80. The summed E-state index contributed by atoms with van der Waals surface area (Å²) < 4.78 is 5.78. The number of rotatable bonds is 4. The van der Waals surface area contributed by atoms with Gasteiger partial charge in [-0.15, -0.1) is 0 Å². The Hall–Kier alpha value is -0.870. The minimum atomic E-state index is -0.506. The van der Waals surface area contributed by atoms with Gasteiger partial charge in [-0.05, 0) is 19.9 Å². The molecule has 1 aliphatic carbocycles. The average molecular weight is 266 g/mol. The van der Waals surface area contributed by atoms with Gasteiger partial charge in [-0.1, -0.05) is 33.6 Å². The molecule has 0 aromatic carbocycles. The molecule has 1 fully saturated rings. The first kappa shape index (κ1) is 14.5. The van der Waals surface area contributed by atoms with Gasteiger partial charge in [0.15, 0.2) is 0 Å². The zero-order chi connectivity index (χ0) is 14.1. The Bertz CT molecular complexity index is 414. The van der Waals surface area contributed by atoms with Crippen LogP contribution < -0.4 is 0 Å². The summed E-state index contributed by atoms with van der Waals surface area (Å²) in [5.41, 5.74) is -0.512. The van der Waals surface area contributed by atoms with Gasteiger partial charge in [0.2, 0.25) is 5.89 Å². The summed E-state index contributed by atoms with van der Waals surface area (Å²) in [6.45, 7) is 7.69. The van der Waals surface area contributed by atoms with Crippen molar-refractivity contribution in [1.29, 1.82) is 0 Å². The predicted molar refractivity (Wildman–Crippen MR) is 75.0 cm³/mol. The van der Waals surface area contributed by atoms with E-state index in [0.29, 0.717) is 13.1 Å². The molecule has 0 atom stereocenters. The highest BCUT2D eigenvalue weighted by Gasteiger charge is 2.32. The Kier molecular flexibility index (Phi) is 4.02. The highest BCUT2D eigenvalue weighted by Crippen LogP contribution is 2.30. The van der Waals surface area contributed by atoms with Crippen molar-refractivity contribution in [3.63, 3.8) is 0 Å². The van der Waals surface area contributed by atoms with E-state index < -0.39 is 5.60 Å². The van der Waals surface area contributed by atoms with Crippen LogP contribution >= 0.6 is 0 Å². The standard InChI is InChI=1S/C15H26N2O2/c1-14(2,3)12-9-16-13(19-12)10-17(4)11-15(18)7-5-6-8-15/h9,18H,5-8,10-11H2,1-4H3. The molecule has 0 unspecified atom stereocenters. The maximum Gasteiger partial charge on any atom is 0.208 e. The molecule has 0 spiro atoms. The maximum atomic E-state index is 10.4. The molecule has 4 nitrogen and oxygen atoms in total. The quantitative estimate of drug-likeness (QED) is 0.910. The van der Waals surface area contributed by atoms with Crippen LogP contribution in [0.1, 0.15) is 58.1 Å². The van der Waals surface area contributed by atoms with Gasteiger partial charge in [0.05, 0.1) is 18.3 Å². The number of nitrogens with zero attached hydrogens (tertiary/aromatic N) is 2. The van der Waals surface area contributed by atoms with E-state index in [-0.39, 0.29) is 5.41 Å². The number of aliphatic hydroxyl groups is 1. The zero-order valence-electron chi connectivity index (χ0n) is 12.6. The van der Waals surface area contributed by atoms with E-state index in [1.54, 1.807) is 0 Å². The number of oxazole rings is 1. The minimum absolute atomic E-state index is 0.00647. The van der Waals surface area contributed by atoms with Crippen molar-refractivity contribution < 1.29 is 9.52 Å². The number of hydrogen-bond donors (Lipinski definition) is 1. The second kappa shape index (κ2) is 5.25. The van der Waals surface area contributed by atoms with Crippen molar-refractivity contribution in [2.45, 2.75) is 64.0 Å². The van der Waals surface area contributed by atoms with Gasteiger partial charge in [-0.3, -0.25) is 4.90 Å². The highest BCUT2D eigenvalue weighted by molar-refractivity contribution is 5.06. The fourth-order valence-corrected chi connectivity index (χ4v) is 2.71. The summed E-state index contributed by atoms with van der Waals surface area (Å²) in [5.74, 6) is 1.64. The lowest BCUT2D eigenvalue weighted by Gasteiger charge is -2.27. The first-order valence-corrected chi connectivity index (χ1v) is 7.15. The van der Waals surface area contributed by atoms with E-state index in [0.717, 1.165) is 37.3 Å².